The van der Waals surface area contributed by atoms with Crippen LogP contribution < -0.4 is 4.74 Å². The molecule has 11 nitrogen and oxygen atoms in total. The first-order valence-corrected chi connectivity index (χ1v) is 5.88. The molecule has 1 N–H and O–H groups in total. The molecule has 0 aliphatic heterocycles. The minimum absolute atomic E-state index is 0.436. The molecule has 23 heavy (non-hydrogen) atoms. The quantitative estimate of drug-likeness (QED) is 0.649. The van der Waals surface area contributed by atoms with Crippen molar-refractivity contribution in [2.24, 2.45) is 0 Å². The molecule has 0 saturated carbocycles. The zero-order chi connectivity index (χ0) is 17.1. The highest BCUT2D eigenvalue weighted by Gasteiger charge is 2.26. The normalized spacial score (nSPS) is 10.1. The largest absolute Gasteiger partial charge is 0.502 e. The lowest BCUT2D eigenvalue weighted by atomic mass is 10.2. The van der Waals surface area contributed by atoms with E-state index in [-0.39, 0.29) is 0 Å². The predicted molar refractivity (Wildman–Crippen MR) is 74.6 cm³/mol. The maximum absolute atomic E-state index is 11.0. The van der Waals surface area contributed by atoms with Crippen LogP contribution in [0, 0.1) is 30.3 Å². The summed E-state index contributed by atoms with van der Waals surface area (Å²) in [5.74, 6) is -1.56. The SMILES string of the molecule is O=[N+]([O-])c1ccc(Oc2cccc(O)c2[N+](=O)[O-])c([N+](=O)[O-])c1. The van der Waals surface area contributed by atoms with Crippen molar-refractivity contribution in [1.29, 1.82) is 0 Å². The van der Waals surface area contributed by atoms with Crippen LogP contribution >= 0.6 is 0 Å². The number of aromatic hydroxyl groups is 1. The molecule has 0 saturated heterocycles. The fourth-order valence-electron chi connectivity index (χ4n) is 1.74. The molecule has 0 unspecified atom stereocenters. The van der Waals surface area contributed by atoms with Crippen LogP contribution in [0.3, 0.4) is 0 Å². The first kappa shape index (κ1) is 15.6. The second-order valence-electron chi connectivity index (χ2n) is 4.15. The lowest BCUT2D eigenvalue weighted by molar-refractivity contribution is -0.394. The lowest BCUT2D eigenvalue weighted by Crippen LogP contribution is -1.98. The molecule has 0 atom stereocenters. The Morgan fingerprint density at radius 1 is 0.870 bits per heavy atom. The van der Waals surface area contributed by atoms with Crippen molar-refractivity contribution in [2.45, 2.75) is 0 Å². The standard InChI is InChI=1S/C12H7N3O8/c16-9-2-1-3-11(12(9)15(21)22)23-10-5-4-7(13(17)18)6-8(10)14(19)20/h1-6,16H. The van der Waals surface area contributed by atoms with E-state index in [1.807, 2.05) is 0 Å². The van der Waals surface area contributed by atoms with Crippen molar-refractivity contribution < 1.29 is 24.6 Å². The average Bonchev–Trinajstić information content (AvgIpc) is 2.46. The molecule has 0 bridgehead atoms. The summed E-state index contributed by atoms with van der Waals surface area (Å²) in [6.07, 6.45) is 0. The zero-order valence-electron chi connectivity index (χ0n) is 11.1. The van der Waals surface area contributed by atoms with Gasteiger partial charge in [0.15, 0.2) is 5.75 Å². The maximum atomic E-state index is 11.0. The summed E-state index contributed by atoms with van der Waals surface area (Å²) < 4.78 is 5.11. The van der Waals surface area contributed by atoms with E-state index < -0.39 is 49.1 Å². The van der Waals surface area contributed by atoms with Crippen molar-refractivity contribution in [3.63, 3.8) is 0 Å². The van der Waals surface area contributed by atoms with E-state index in [1.165, 1.54) is 6.07 Å². The number of non-ortho nitro benzene ring substituents is 1. The molecule has 0 aliphatic rings. The van der Waals surface area contributed by atoms with E-state index in [2.05, 4.69) is 0 Å². The summed E-state index contributed by atoms with van der Waals surface area (Å²) >= 11 is 0. The highest BCUT2D eigenvalue weighted by Crippen LogP contribution is 2.41. The van der Waals surface area contributed by atoms with Crippen molar-refractivity contribution in [1.82, 2.24) is 0 Å². The molecular formula is C12H7N3O8. The number of hydrogen-bond acceptors (Lipinski definition) is 8. The highest BCUT2D eigenvalue weighted by atomic mass is 16.6. The number of para-hydroxylation sites is 1. The van der Waals surface area contributed by atoms with Gasteiger partial charge in [0.2, 0.25) is 11.5 Å². The molecule has 0 amide bonds. The average molecular weight is 321 g/mol. The van der Waals surface area contributed by atoms with Gasteiger partial charge in [0.1, 0.15) is 0 Å². The van der Waals surface area contributed by atoms with E-state index in [4.69, 9.17) is 4.74 Å². The topological polar surface area (TPSA) is 159 Å². The molecule has 0 aliphatic carbocycles. The summed E-state index contributed by atoms with van der Waals surface area (Å²) in [5, 5.41) is 42.1. The number of rotatable bonds is 5. The Kier molecular flexibility index (Phi) is 4.03. The highest BCUT2D eigenvalue weighted by molar-refractivity contribution is 5.60. The minimum Gasteiger partial charge on any atom is -0.502 e. The fourth-order valence-corrected chi connectivity index (χ4v) is 1.74. The van der Waals surface area contributed by atoms with Crippen LogP contribution in [0.4, 0.5) is 17.1 Å². The molecule has 118 valence electrons. The van der Waals surface area contributed by atoms with Crippen LogP contribution in [-0.4, -0.2) is 19.9 Å². The first-order chi connectivity index (χ1) is 10.8. The van der Waals surface area contributed by atoms with Gasteiger partial charge in [0.05, 0.1) is 20.8 Å². The number of hydrogen-bond donors (Lipinski definition) is 1. The molecule has 0 heterocycles. The van der Waals surface area contributed by atoms with E-state index in [9.17, 15) is 35.4 Å². The Hall–Kier alpha value is -3.76. The second kappa shape index (κ2) is 5.93. The Morgan fingerprint density at radius 2 is 1.57 bits per heavy atom. The number of nitrogens with zero attached hydrogens (tertiary/aromatic N) is 3. The van der Waals surface area contributed by atoms with Gasteiger partial charge in [-0.3, -0.25) is 30.3 Å². The number of nitro benzene ring substituents is 3. The Morgan fingerprint density at radius 3 is 2.13 bits per heavy atom. The molecule has 0 radical (unpaired) electrons. The molecule has 0 spiro atoms. The number of ether oxygens (including phenoxy) is 1. The van der Waals surface area contributed by atoms with Crippen molar-refractivity contribution in [3.05, 3.63) is 66.7 Å². The summed E-state index contributed by atoms with van der Waals surface area (Å²) in [7, 11) is 0. The Labute approximate surface area is 126 Å². The lowest BCUT2D eigenvalue weighted by Gasteiger charge is -2.07. The van der Waals surface area contributed by atoms with E-state index >= 15 is 0 Å². The van der Waals surface area contributed by atoms with Crippen molar-refractivity contribution in [2.75, 3.05) is 0 Å². The fraction of sp³-hybridized carbons (Fsp3) is 0. The van der Waals surface area contributed by atoms with Gasteiger partial charge in [-0.1, -0.05) is 6.07 Å². The van der Waals surface area contributed by atoms with Crippen LogP contribution in [0.25, 0.3) is 0 Å². The third kappa shape index (κ3) is 3.12. The van der Waals surface area contributed by atoms with Crippen LogP contribution in [0.15, 0.2) is 36.4 Å². The van der Waals surface area contributed by atoms with Gasteiger partial charge in [0.25, 0.3) is 5.69 Å². The van der Waals surface area contributed by atoms with Crippen LogP contribution in [0.5, 0.6) is 17.2 Å². The smallest absolute Gasteiger partial charge is 0.352 e. The van der Waals surface area contributed by atoms with Gasteiger partial charge < -0.3 is 9.84 Å². The second-order valence-corrected chi connectivity index (χ2v) is 4.15. The monoisotopic (exact) mass is 321 g/mol. The number of phenolic OH excluding ortho intramolecular Hbond substituents is 1. The third-order valence-electron chi connectivity index (χ3n) is 2.73. The van der Waals surface area contributed by atoms with Crippen molar-refractivity contribution >= 4 is 17.1 Å². The summed E-state index contributed by atoms with van der Waals surface area (Å²) in [6.45, 7) is 0. The van der Waals surface area contributed by atoms with E-state index in [1.54, 1.807) is 0 Å². The molecule has 2 aromatic carbocycles. The third-order valence-corrected chi connectivity index (χ3v) is 2.73. The molecular weight excluding hydrogens is 314 g/mol. The van der Waals surface area contributed by atoms with Gasteiger partial charge in [-0.2, -0.15) is 0 Å². The van der Waals surface area contributed by atoms with Gasteiger partial charge >= 0.3 is 11.4 Å². The summed E-state index contributed by atoms with van der Waals surface area (Å²) in [4.78, 5) is 29.9. The maximum Gasteiger partial charge on any atom is 0.352 e. The zero-order valence-corrected chi connectivity index (χ0v) is 11.1. The van der Waals surface area contributed by atoms with Crippen LogP contribution in [0.2, 0.25) is 0 Å². The first-order valence-electron chi connectivity index (χ1n) is 5.88. The van der Waals surface area contributed by atoms with Gasteiger partial charge in [0, 0.05) is 6.07 Å². The van der Waals surface area contributed by atoms with E-state index in [0.717, 1.165) is 24.3 Å². The van der Waals surface area contributed by atoms with Gasteiger partial charge in [-0.25, -0.2) is 0 Å². The number of nitro groups is 3. The molecule has 0 aromatic heterocycles. The molecule has 0 fully saturated rings. The Bertz CT molecular complexity index is 820. The van der Waals surface area contributed by atoms with Crippen LogP contribution in [-0.2, 0) is 0 Å². The van der Waals surface area contributed by atoms with E-state index in [0.29, 0.717) is 6.07 Å². The van der Waals surface area contributed by atoms with Gasteiger partial charge in [-0.05, 0) is 18.2 Å². The molecule has 2 rings (SSSR count). The summed E-state index contributed by atoms with van der Waals surface area (Å²) in [6, 6.07) is 6.00. The predicted octanol–water partition coefficient (Wildman–Crippen LogP) is 2.91. The molecule has 2 aromatic rings. The number of phenols is 1. The molecule has 11 heteroatoms. The van der Waals surface area contributed by atoms with Crippen LogP contribution in [0.1, 0.15) is 0 Å². The van der Waals surface area contributed by atoms with Gasteiger partial charge in [-0.15, -0.1) is 0 Å². The minimum atomic E-state index is -0.920. The Balaban J connectivity index is 2.53. The number of benzene rings is 2. The van der Waals surface area contributed by atoms with Crippen molar-refractivity contribution in [3.8, 4) is 17.2 Å². The summed E-state index contributed by atoms with van der Waals surface area (Å²) in [5.41, 5.74) is -2.05.